The summed E-state index contributed by atoms with van der Waals surface area (Å²) in [5.41, 5.74) is 4.94. The van der Waals surface area contributed by atoms with Crippen molar-refractivity contribution >= 4 is 18.4 Å². The Balaban J connectivity index is 0.000000389. The first kappa shape index (κ1) is 33.3. The van der Waals surface area contributed by atoms with Crippen LogP contribution in [0.15, 0.2) is 24.3 Å². The van der Waals surface area contributed by atoms with Gasteiger partial charge in [-0.05, 0) is 57.1 Å². The largest absolute Gasteiger partial charge is 0.507 e. The molecule has 0 heterocycles. The summed E-state index contributed by atoms with van der Waals surface area (Å²) in [6, 6.07) is 7.30. The van der Waals surface area contributed by atoms with Gasteiger partial charge in [0.15, 0.2) is 5.78 Å². The van der Waals surface area contributed by atoms with Crippen molar-refractivity contribution in [1.82, 2.24) is 0 Å². The summed E-state index contributed by atoms with van der Waals surface area (Å²) in [6.07, 6.45) is 1.71. The Labute approximate surface area is 231 Å². The third kappa shape index (κ3) is 8.12. The first-order chi connectivity index (χ1) is 17.0. The van der Waals surface area contributed by atoms with E-state index < -0.39 is 0 Å². The summed E-state index contributed by atoms with van der Waals surface area (Å²) in [5, 5.41) is 10.4. The van der Waals surface area contributed by atoms with Crippen LogP contribution in [0.25, 0.3) is 0 Å². The molecule has 4 nitrogen and oxygen atoms in total. The number of carbonyl (C=O) groups is 3. The van der Waals surface area contributed by atoms with Gasteiger partial charge < -0.3 is 5.11 Å². The van der Waals surface area contributed by atoms with Gasteiger partial charge in [-0.25, -0.2) is 0 Å². The van der Waals surface area contributed by atoms with Crippen molar-refractivity contribution in [2.75, 3.05) is 0 Å². The van der Waals surface area contributed by atoms with Crippen LogP contribution in [0.3, 0.4) is 0 Å². The van der Waals surface area contributed by atoms with E-state index in [1.807, 2.05) is 67.5 Å². The minimum Gasteiger partial charge on any atom is -0.507 e. The van der Waals surface area contributed by atoms with Crippen LogP contribution in [0.1, 0.15) is 150 Å². The smallest absolute Gasteiger partial charge is 0.165 e. The normalized spacial score (nSPS) is 12.6. The molecular weight excluding hydrogens is 472 g/mol. The van der Waals surface area contributed by atoms with Crippen LogP contribution in [0.4, 0.5) is 0 Å². The van der Waals surface area contributed by atoms with Crippen molar-refractivity contribution in [3.05, 3.63) is 63.2 Å². The standard InChI is InChI=1S/C19H28O2.C15H22O2/c1-12(2)17(21)16-14(18(3,4)5)9-13(11-20)10-15(16)19(6,7)8;1-14(2,3)11-7-10(9-16)8-12(13(11)17)15(4,5)6/h9-12H,1-8H3;7-9,17H,1-6H3. The molecule has 210 valence electrons. The lowest BCUT2D eigenvalue weighted by Gasteiger charge is -2.30. The van der Waals surface area contributed by atoms with E-state index in [0.29, 0.717) is 16.9 Å². The van der Waals surface area contributed by atoms with Gasteiger partial charge in [-0.15, -0.1) is 0 Å². The van der Waals surface area contributed by atoms with Crippen LogP contribution in [0.5, 0.6) is 5.75 Å². The summed E-state index contributed by atoms with van der Waals surface area (Å²) >= 11 is 0. The Kier molecular flexibility index (Phi) is 10.1. The second-order valence-electron chi connectivity index (χ2n) is 14.7. The monoisotopic (exact) mass is 522 g/mol. The molecule has 0 aromatic heterocycles. The van der Waals surface area contributed by atoms with Crippen molar-refractivity contribution in [1.29, 1.82) is 0 Å². The van der Waals surface area contributed by atoms with E-state index in [1.165, 1.54) is 0 Å². The maximum absolute atomic E-state index is 12.8. The lowest BCUT2D eigenvalue weighted by molar-refractivity contribution is 0.0934. The quantitative estimate of drug-likeness (QED) is 0.322. The third-order valence-electron chi connectivity index (χ3n) is 6.57. The first-order valence-electron chi connectivity index (χ1n) is 13.5. The topological polar surface area (TPSA) is 71.4 Å². The molecule has 0 amide bonds. The van der Waals surface area contributed by atoms with Gasteiger partial charge in [-0.3, -0.25) is 14.4 Å². The molecule has 0 aliphatic carbocycles. The van der Waals surface area contributed by atoms with Gasteiger partial charge in [0.1, 0.15) is 18.3 Å². The first-order valence-corrected chi connectivity index (χ1v) is 13.5. The van der Waals surface area contributed by atoms with E-state index in [4.69, 9.17) is 0 Å². The molecule has 38 heavy (non-hydrogen) atoms. The molecule has 0 atom stereocenters. The molecule has 0 aliphatic heterocycles. The molecule has 0 bridgehead atoms. The summed E-state index contributed by atoms with van der Waals surface area (Å²) < 4.78 is 0. The Morgan fingerprint density at radius 2 is 0.868 bits per heavy atom. The van der Waals surface area contributed by atoms with Crippen molar-refractivity contribution in [3.63, 3.8) is 0 Å². The third-order valence-corrected chi connectivity index (χ3v) is 6.57. The Bertz CT molecular complexity index is 1100. The van der Waals surface area contributed by atoms with E-state index in [9.17, 15) is 19.5 Å². The molecule has 2 aromatic carbocycles. The Hall–Kier alpha value is -2.75. The molecular formula is C34H50O4. The number of phenolic OH excluding ortho intramolecular Hbond substituents is 1. The van der Waals surface area contributed by atoms with Crippen LogP contribution in [0, 0.1) is 5.92 Å². The van der Waals surface area contributed by atoms with Crippen molar-refractivity contribution in [2.24, 2.45) is 5.92 Å². The van der Waals surface area contributed by atoms with Gasteiger partial charge in [0.25, 0.3) is 0 Å². The van der Waals surface area contributed by atoms with Gasteiger partial charge in [-0.1, -0.05) is 96.9 Å². The molecule has 0 saturated carbocycles. The number of aldehydes is 2. The van der Waals surface area contributed by atoms with Crippen molar-refractivity contribution in [3.8, 4) is 5.75 Å². The second-order valence-corrected chi connectivity index (χ2v) is 14.7. The molecule has 2 rings (SSSR count). The van der Waals surface area contributed by atoms with Gasteiger partial charge >= 0.3 is 0 Å². The van der Waals surface area contributed by atoms with Crippen molar-refractivity contribution in [2.45, 2.75) is 119 Å². The zero-order valence-corrected chi connectivity index (χ0v) is 26.2. The van der Waals surface area contributed by atoms with E-state index in [1.54, 1.807) is 12.1 Å². The molecule has 1 N–H and O–H groups in total. The maximum atomic E-state index is 12.8. The minimum absolute atomic E-state index is 0.0609. The number of Topliss-reactive ketones (excluding diaryl/α,β-unsaturated/α-hetero) is 1. The lowest BCUT2D eigenvalue weighted by atomic mass is 9.73. The van der Waals surface area contributed by atoms with Gasteiger partial charge in [0.2, 0.25) is 0 Å². The Morgan fingerprint density at radius 3 is 1.08 bits per heavy atom. The van der Waals surface area contributed by atoms with E-state index in [0.717, 1.165) is 40.4 Å². The number of benzene rings is 2. The van der Waals surface area contributed by atoms with E-state index >= 15 is 0 Å². The molecule has 4 heteroatoms. The summed E-state index contributed by atoms with van der Waals surface area (Å²) in [4.78, 5) is 35.1. The number of hydrogen-bond donors (Lipinski definition) is 1. The highest BCUT2D eigenvalue weighted by Crippen LogP contribution is 2.39. The number of phenols is 1. The van der Waals surface area contributed by atoms with Crippen molar-refractivity contribution < 1.29 is 19.5 Å². The lowest BCUT2D eigenvalue weighted by Crippen LogP contribution is -2.26. The second kappa shape index (κ2) is 11.6. The zero-order valence-electron chi connectivity index (χ0n) is 26.2. The Morgan fingerprint density at radius 1 is 0.605 bits per heavy atom. The summed E-state index contributed by atoms with van der Waals surface area (Å²) in [6.45, 7) is 28.5. The van der Waals surface area contributed by atoms with Crippen LogP contribution in [0.2, 0.25) is 0 Å². The highest BCUT2D eigenvalue weighted by atomic mass is 16.3. The molecule has 0 fully saturated rings. The predicted octanol–water partition coefficient (Wildman–Crippen LogP) is 8.73. The SMILES string of the molecule is CC(C)(C)c1cc(C=O)cc(C(C)(C)C)c1O.CC(C)C(=O)c1c(C(C)(C)C)cc(C=O)cc1C(C)(C)C. The molecule has 0 spiro atoms. The number of ketones is 1. The number of aromatic hydroxyl groups is 1. The summed E-state index contributed by atoms with van der Waals surface area (Å²) in [7, 11) is 0. The summed E-state index contributed by atoms with van der Waals surface area (Å²) in [5.74, 6) is 0.409. The fourth-order valence-electron chi connectivity index (χ4n) is 4.34. The molecule has 0 unspecified atom stereocenters. The zero-order chi connectivity index (χ0) is 30.0. The average Bonchev–Trinajstić information content (AvgIpc) is 2.75. The van der Waals surface area contributed by atoms with Gasteiger partial charge in [0.05, 0.1) is 0 Å². The number of hydrogen-bond acceptors (Lipinski definition) is 4. The maximum Gasteiger partial charge on any atom is 0.165 e. The number of rotatable bonds is 4. The van der Waals surface area contributed by atoms with Crippen LogP contribution >= 0.6 is 0 Å². The van der Waals surface area contributed by atoms with Crippen LogP contribution in [-0.4, -0.2) is 23.5 Å². The van der Waals surface area contributed by atoms with E-state index in [2.05, 4.69) is 41.5 Å². The fourth-order valence-corrected chi connectivity index (χ4v) is 4.34. The number of carbonyl (C=O) groups excluding carboxylic acids is 3. The highest BCUT2D eigenvalue weighted by molar-refractivity contribution is 6.01. The van der Waals surface area contributed by atoms with Crippen LogP contribution in [-0.2, 0) is 21.7 Å². The highest BCUT2D eigenvalue weighted by Gasteiger charge is 2.31. The van der Waals surface area contributed by atoms with Crippen LogP contribution < -0.4 is 0 Å². The van der Waals surface area contributed by atoms with E-state index in [-0.39, 0.29) is 33.4 Å². The molecule has 0 radical (unpaired) electrons. The van der Waals surface area contributed by atoms with Gasteiger partial charge in [-0.2, -0.15) is 0 Å². The average molecular weight is 523 g/mol. The molecule has 0 saturated heterocycles. The minimum atomic E-state index is -0.182. The molecule has 2 aromatic rings. The fraction of sp³-hybridized carbons (Fsp3) is 0.559. The predicted molar refractivity (Wildman–Crippen MR) is 159 cm³/mol. The van der Waals surface area contributed by atoms with Gasteiger partial charge in [0, 0.05) is 33.7 Å². The molecule has 0 aliphatic rings.